The molecule has 28 heavy (non-hydrogen) atoms. The van der Waals surface area contributed by atoms with Gasteiger partial charge in [0.25, 0.3) is 11.6 Å². The minimum atomic E-state index is -0.560. The molecule has 146 valence electrons. The van der Waals surface area contributed by atoms with Crippen molar-refractivity contribution < 1.29 is 24.0 Å². The van der Waals surface area contributed by atoms with Gasteiger partial charge in [-0.05, 0) is 23.8 Å². The minimum absolute atomic E-state index is 0.180. The first-order valence-corrected chi connectivity index (χ1v) is 8.47. The topological polar surface area (TPSA) is 102 Å². The molecule has 1 heterocycles. The van der Waals surface area contributed by atoms with E-state index in [-0.39, 0.29) is 30.4 Å². The van der Waals surface area contributed by atoms with Crippen molar-refractivity contribution >= 4 is 23.2 Å². The second-order valence-corrected chi connectivity index (χ2v) is 6.28. The van der Waals surface area contributed by atoms with Crippen molar-refractivity contribution in [1.82, 2.24) is 4.90 Å². The van der Waals surface area contributed by atoms with Gasteiger partial charge in [0.05, 0.1) is 17.7 Å². The van der Waals surface area contributed by atoms with Crippen LogP contribution in [-0.2, 0) is 16.1 Å². The summed E-state index contributed by atoms with van der Waals surface area (Å²) in [5.41, 5.74) is 0.943. The summed E-state index contributed by atoms with van der Waals surface area (Å²) in [5.74, 6) is 0.313. The van der Waals surface area contributed by atoms with Crippen LogP contribution in [0.15, 0.2) is 42.5 Å². The van der Waals surface area contributed by atoms with Crippen molar-refractivity contribution in [1.29, 1.82) is 0 Å². The molecule has 9 heteroatoms. The molecule has 0 aromatic heterocycles. The van der Waals surface area contributed by atoms with Gasteiger partial charge in [-0.2, -0.15) is 0 Å². The highest BCUT2D eigenvalue weighted by atomic mass is 16.6. The number of carbonyl (C=O) groups is 2. The molecule has 0 saturated heterocycles. The lowest BCUT2D eigenvalue weighted by Gasteiger charge is -2.30. The van der Waals surface area contributed by atoms with E-state index in [1.54, 1.807) is 26.3 Å². The van der Waals surface area contributed by atoms with Crippen molar-refractivity contribution in [2.45, 2.75) is 6.54 Å². The average Bonchev–Trinajstić information content (AvgIpc) is 2.70. The molecule has 2 aromatic rings. The van der Waals surface area contributed by atoms with Crippen molar-refractivity contribution in [3.8, 4) is 11.5 Å². The number of methoxy groups -OCH3 is 1. The second-order valence-electron chi connectivity index (χ2n) is 6.28. The fourth-order valence-electron chi connectivity index (χ4n) is 2.83. The Balaban J connectivity index is 1.74. The standard InChI is InChI=1S/C19H19N3O6/c1-20(10-13-3-6-15(27-2)7-4-13)18(23)11-21-16-9-14(22(25)26)5-8-17(16)28-12-19(21)24/h3-9H,10-12H2,1-2H3. The smallest absolute Gasteiger partial charge is 0.271 e. The summed E-state index contributed by atoms with van der Waals surface area (Å²) >= 11 is 0. The highest BCUT2D eigenvalue weighted by Crippen LogP contribution is 2.35. The van der Waals surface area contributed by atoms with Gasteiger partial charge in [-0.3, -0.25) is 24.6 Å². The Kier molecular flexibility index (Phi) is 5.44. The lowest BCUT2D eigenvalue weighted by atomic mass is 10.2. The molecule has 0 N–H and O–H groups in total. The fourth-order valence-corrected chi connectivity index (χ4v) is 2.83. The van der Waals surface area contributed by atoms with Crippen molar-refractivity contribution in [3.63, 3.8) is 0 Å². The van der Waals surface area contributed by atoms with E-state index >= 15 is 0 Å². The number of non-ortho nitro benzene ring substituents is 1. The Morgan fingerprint density at radius 1 is 1.29 bits per heavy atom. The highest BCUT2D eigenvalue weighted by Gasteiger charge is 2.30. The number of amides is 2. The van der Waals surface area contributed by atoms with Gasteiger partial charge >= 0.3 is 0 Å². The first-order valence-electron chi connectivity index (χ1n) is 8.47. The van der Waals surface area contributed by atoms with E-state index in [1.807, 2.05) is 12.1 Å². The molecule has 1 aliphatic heterocycles. The lowest BCUT2D eigenvalue weighted by molar-refractivity contribution is -0.384. The summed E-state index contributed by atoms with van der Waals surface area (Å²) in [5, 5.41) is 11.0. The van der Waals surface area contributed by atoms with Crippen molar-refractivity contribution in [3.05, 3.63) is 58.1 Å². The van der Waals surface area contributed by atoms with Gasteiger partial charge in [0.1, 0.15) is 18.0 Å². The zero-order chi connectivity index (χ0) is 20.3. The molecule has 0 radical (unpaired) electrons. The zero-order valence-electron chi connectivity index (χ0n) is 15.5. The molecular weight excluding hydrogens is 366 g/mol. The van der Waals surface area contributed by atoms with E-state index in [4.69, 9.17) is 9.47 Å². The van der Waals surface area contributed by atoms with Crippen LogP contribution in [0.2, 0.25) is 0 Å². The number of carbonyl (C=O) groups excluding carboxylic acids is 2. The van der Waals surface area contributed by atoms with E-state index in [0.29, 0.717) is 12.3 Å². The van der Waals surface area contributed by atoms with Crippen LogP contribution in [0.25, 0.3) is 0 Å². The van der Waals surface area contributed by atoms with Gasteiger partial charge in [-0.15, -0.1) is 0 Å². The molecule has 3 rings (SSSR count). The molecule has 9 nitrogen and oxygen atoms in total. The number of benzene rings is 2. The average molecular weight is 385 g/mol. The Labute approximate surface area is 161 Å². The fraction of sp³-hybridized carbons (Fsp3) is 0.263. The number of hydrogen-bond acceptors (Lipinski definition) is 6. The normalized spacial score (nSPS) is 12.8. The van der Waals surface area contributed by atoms with E-state index in [2.05, 4.69) is 0 Å². The molecule has 2 amide bonds. The predicted octanol–water partition coefficient (Wildman–Crippen LogP) is 1.99. The molecule has 0 atom stereocenters. The Bertz CT molecular complexity index is 912. The van der Waals surface area contributed by atoms with Crippen LogP contribution in [-0.4, -0.2) is 48.9 Å². The number of fused-ring (bicyclic) bond motifs is 1. The molecule has 0 fully saturated rings. The quantitative estimate of drug-likeness (QED) is 0.557. The van der Waals surface area contributed by atoms with E-state index < -0.39 is 10.8 Å². The van der Waals surface area contributed by atoms with Crippen LogP contribution in [0.4, 0.5) is 11.4 Å². The Hall–Kier alpha value is -3.62. The zero-order valence-corrected chi connectivity index (χ0v) is 15.5. The third kappa shape index (κ3) is 4.03. The molecule has 0 saturated carbocycles. The second kappa shape index (κ2) is 7.95. The largest absolute Gasteiger partial charge is 0.497 e. The SMILES string of the molecule is COc1ccc(CN(C)C(=O)CN2C(=O)COc3ccc([N+](=O)[O-])cc32)cc1. The highest BCUT2D eigenvalue weighted by molar-refractivity contribution is 6.02. The van der Waals surface area contributed by atoms with Gasteiger partial charge in [0.15, 0.2) is 6.61 Å². The lowest BCUT2D eigenvalue weighted by Crippen LogP contribution is -2.45. The first-order chi connectivity index (χ1) is 13.4. The Morgan fingerprint density at radius 2 is 2.00 bits per heavy atom. The van der Waals surface area contributed by atoms with Crippen LogP contribution in [0.3, 0.4) is 0 Å². The van der Waals surface area contributed by atoms with E-state index in [0.717, 1.165) is 11.3 Å². The number of likely N-dealkylation sites (N-methyl/N-ethyl adjacent to an activating group) is 1. The third-order valence-corrected chi connectivity index (χ3v) is 4.39. The summed E-state index contributed by atoms with van der Waals surface area (Å²) in [6.45, 7) is -0.105. The molecular formula is C19H19N3O6. The monoisotopic (exact) mass is 385 g/mol. The number of anilines is 1. The Morgan fingerprint density at radius 3 is 2.64 bits per heavy atom. The van der Waals surface area contributed by atoms with Gasteiger partial charge in [-0.1, -0.05) is 12.1 Å². The molecule has 0 unspecified atom stereocenters. The van der Waals surface area contributed by atoms with Crippen LogP contribution in [0.1, 0.15) is 5.56 Å². The van der Waals surface area contributed by atoms with Crippen LogP contribution in [0, 0.1) is 10.1 Å². The molecule has 0 spiro atoms. The van der Waals surface area contributed by atoms with Crippen molar-refractivity contribution in [2.24, 2.45) is 0 Å². The van der Waals surface area contributed by atoms with Gasteiger partial charge in [0.2, 0.25) is 5.91 Å². The van der Waals surface area contributed by atoms with Crippen LogP contribution in [0.5, 0.6) is 11.5 Å². The summed E-state index contributed by atoms with van der Waals surface area (Å²) in [7, 11) is 3.21. The summed E-state index contributed by atoms with van der Waals surface area (Å²) in [4.78, 5) is 38.1. The van der Waals surface area contributed by atoms with Crippen LogP contribution >= 0.6 is 0 Å². The minimum Gasteiger partial charge on any atom is -0.497 e. The first kappa shape index (κ1) is 19.2. The summed E-state index contributed by atoms with van der Waals surface area (Å²) in [6.07, 6.45) is 0. The van der Waals surface area contributed by atoms with Crippen LogP contribution < -0.4 is 14.4 Å². The predicted molar refractivity (Wildman–Crippen MR) is 100 cm³/mol. The van der Waals surface area contributed by atoms with Gasteiger partial charge in [0, 0.05) is 25.7 Å². The summed E-state index contributed by atoms with van der Waals surface area (Å²) < 4.78 is 10.4. The molecule has 0 bridgehead atoms. The number of hydrogen-bond donors (Lipinski definition) is 0. The maximum atomic E-state index is 12.6. The number of nitrogens with zero attached hydrogens (tertiary/aromatic N) is 3. The summed E-state index contributed by atoms with van der Waals surface area (Å²) in [6, 6.07) is 11.3. The molecule has 0 aliphatic carbocycles. The van der Waals surface area contributed by atoms with E-state index in [9.17, 15) is 19.7 Å². The maximum Gasteiger partial charge on any atom is 0.271 e. The molecule has 2 aromatic carbocycles. The number of nitro benzene ring substituents is 1. The van der Waals surface area contributed by atoms with E-state index in [1.165, 1.54) is 28.0 Å². The maximum absolute atomic E-state index is 12.6. The number of rotatable bonds is 6. The number of nitro groups is 1. The van der Waals surface area contributed by atoms with Crippen molar-refractivity contribution in [2.75, 3.05) is 32.2 Å². The van der Waals surface area contributed by atoms with Gasteiger partial charge in [-0.25, -0.2) is 0 Å². The van der Waals surface area contributed by atoms with Gasteiger partial charge < -0.3 is 14.4 Å². The third-order valence-electron chi connectivity index (χ3n) is 4.39. The molecule has 1 aliphatic rings. The number of ether oxygens (including phenoxy) is 2.